The van der Waals surface area contributed by atoms with E-state index < -0.39 is 0 Å². The average molecular weight is 181 g/mol. The van der Waals surface area contributed by atoms with Gasteiger partial charge >= 0.3 is 5.97 Å². The normalized spacial score (nSPS) is 12.4. The molecule has 13 heavy (non-hydrogen) atoms. The molecule has 3 nitrogen and oxygen atoms in total. The third-order valence-corrected chi connectivity index (χ3v) is 1.33. The van der Waals surface area contributed by atoms with Gasteiger partial charge in [0.1, 0.15) is 0 Å². The van der Waals surface area contributed by atoms with E-state index in [1.807, 2.05) is 6.92 Å². The van der Waals surface area contributed by atoms with E-state index in [0.29, 0.717) is 13.2 Å². The Morgan fingerprint density at radius 3 is 3.00 bits per heavy atom. The average Bonchev–Trinajstić information content (AvgIpc) is 2.12. The van der Waals surface area contributed by atoms with Gasteiger partial charge in [0.05, 0.1) is 12.6 Å². The van der Waals surface area contributed by atoms with Gasteiger partial charge in [-0.15, -0.1) is 6.42 Å². The Balaban J connectivity index is 3.53. The van der Waals surface area contributed by atoms with Crippen molar-refractivity contribution >= 4 is 5.97 Å². The Morgan fingerprint density at radius 1 is 1.77 bits per heavy atom. The van der Waals surface area contributed by atoms with E-state index in [4.69, 9.17) is 6.42 Å². The highest BCUT2D eigenvalue weighted by molar-refractivity contribution is 5.81. The van der Waals surface area contributed by atoms with Gasteiger partial charge in [0.25, 0.3) is 0 Å². The lowest BCUT2D eigenvalue weighted by atomic mass is 10.3. The molecule has 0 rings (SSSR count). The van der Waals surface area contributed by atoms with Crippen molar-refractivity contribution in [3.63, 3.8) is 0 Å². The van der Waals surface area contributed by atoms with Gasteiger partial charge in [0.15, 0.2) is 0 Å². The molecule has 0 amide bonds. The lowest BCUT2D eigenvalue weighted by Gasteiger charge is -2.02. The van der Waals surface area contributed by atoms with E-state index >= 15 is 0 Å². The van der Waals surface area contributed by atoms with Crippen LogP contribution in [0.5, 0.6) is 0 Å². The number of terminal acetylenes is 1. The molecular weight excluding hydrogens is 166 g/mol. The molecule has 0 radical (unpaired) electrons. The summed E-state index contributed by atoms with van der Waals surface area (Å²) in [5.74, 6) is 2.20. The third-order valence-electron chi connectivity index (χ3n) is 1.33. The summed E-state index contributed by atoms with van der Waals surface area (Å²) in [5, 5.41) is 3.00. The number of hydrogen-bond donors (Lipinski definition) is 1. The van der Waals surface area contributed by atoms with E-state index in [1.54, 1.807) is 13.0 Å². The van der Waals surface area contributed by atoms with E-state index in [2.05, 4.69) is 16.0 Å². The Labute approximate surface area is 79.2 Å². The zero-order chi connectivity index (χ0) is 10.1. The van der Waals surface area contributed by atoms with Crippen molar-refractivity contribution < 1.29 is 9.53 Å². The monoisotopic (exact) mass is 181 g/mol. The Bertz CT molecular complexity index is 215. The molecule has 0 aliphatic rings. The van der Waals surface area contributed by atoms with Gasteiger partial charge in [0.2, 0.25) is 0 Å². The van der Waals surface area contributed by atoms with Crippen LogP contribution >= 0.6 is 0 Å². The fourth-order valence-electron chi connectivity index (χ4n) is 0.649. The van der Waals surface area contributed by atoms with Gasteiger partial charge in [0, 0.05) is 12.6 Å². The van der Waals surface area contributed by atoms with Gasteiger partial charge in [-0.2, -0.15) is 0 Å². The summed E-state index contributed by atoms with van der Waals surface area (Å²) >= 11 is 0. The zero-order valence-corrected chi connectivity index (χ0v) is 8.04. The second-order valence-electron chi connectivity index (χ2n) is 2.45. The van der Waals surface area contributed by atoms with Crippen LogP contribution in [-0.2, 0) is 9.53 Å². The van der Waals surface area contributed by atoms with Crippen molar-refractivity contribution in [3.05, 3.63) is 12.2 Å². The van der Waals surface area contributed by atoms with Crippen LogP contribution in [-0.4, -0.2) is 25.2 Å². The first-order chi connectivity index (χ1) is 6.20. The van der Waals surface area contributed by atoms with E-state index in [-0.39, 0.29) is 12.0 Å². The Kier molecular flexibility index (Phi) is 6.66. The number of esters is 1. The summed E-state index contributed by atoms with van der Waals surface area (Å²) in [7, 11) is 0. The van der Waals surface area contributed by atoms with E-state index in [9.17, 15) is 4.79 Å². The standard InChI is InChI=1S/C10H15NO2/c1-4-9(3)11-8-6-7-10(12)13-5-2/h1,6-7,9,11H,5,8H2,2-3H3/b7-6+. The number of carbonyl (C=O) groups excluding carboxylic acids is 1. The van der Waals surface area contributed by atoms with Crippen molar-refractivity contribution in [2.45, 2.75) is 19.9 Å². The summed E-state index contributed by atoms with van der Waals surface area (Å²) in [6.07, 6.45) is 8.21. The molecule has 3 heteroatoms. The van der Waals surface area contributed by atoms with Gasteiger partial charge < -0.3 is 10.1 Å². The van der Waals surface area contributed by atoms with Crippen LogP contribution in [0.3, 0.4) is 0 Å². The fourth-order valence-corrected chi connectivity index (χ4v) is 0.649. The van der Waals surface area contributed by atoms with Crippen LogP contribution in [0.15, 0.2) is 12.2 Å². The highest BCUT2D eigenvalue weighted by Crippen LogP contribution is 1.81. The van der Waals surface area contributed by atoms with Gasteiger partial charge in [-0.3, -0.25) is 0 Å². The van der Waals surface area contributed by atoms with Crippen LogP contribution in [0, 0.1) is 12.3 Å². The Hall–Kier alpha value is -1.27. The van der Waals surface area contributed by atoms with Crippen LogP contribution in [0.4, 0.5) is 0 Å². The first-order valence-corrected chi connectivity index (χ1v) is 4.23. The zero-order valence-electron chi connectivity index (χ0n) is 8.04. The van der Waals surface area contributed by atoms with Crippen molar-refractivity contribution in [2.75, 3.05) is 13.2 Å². The van der Waals surface area contributed by atoms with Crippen molar-refractivity contribution in [3.8, 4) is 12.3 Å². The molecule has 0 saturated heterocycles. The van der Waals surface area contributed by atoms with Crippen molar-refractivity contribution in [2.24, 2.45) is 0 Å². The SMILES string of the molecule is C#CC(C)NC/C=C/C(=O)OCC. The molecule has 1 N–H and O–H groups in total. The number of nitrogens with one attached hydrogen (secondary N) is 1. The number of rotatable bonds is 5. The van der Waals surface area contributed by atoms with Crippen LogP contribution in [0.1, 0.15) is 13.8 Å². The molecule has 0 aliphatic carbocycles. The molecule has 1 unspecified atom stereocenters. The maximum Gasteiger partial charge on any atom is 0.330 e. The molecule has 0 fully saturated rings. The first-order valence-electron chi connectivity index (χ1n) is 4.23. The molecule has 0 saturated carbocycles. The van der Waals surface area contributed by atoms with Crippen LogP contribution < -0.4 is 5.32 Å². The van der Waals surface area contributed by atoms with E-state index in [1.165, 1.54) is 6.08 Å². The lowest BCUT2D eigenvalue weighted by molar-refractivity contribution is -0.137. The minimum atomic E-state index is -0.322. The topological polar surface area (TPSA) is 38.3 Å². The summed E-state index contributed by atoms with van der Waals surface area (Å²) in [5.41, 5.74) is 0. The minimum absolute atomic E-state index is 0.0202. The number of hydrogen-bond acceptors (Lipinski definition) is 3. The van der Waals surface area contributed by atoms with E-state index in [0.717, 1.165) is 0 Å². The first kappa shape index (κ1) is 11.7. The summed E-state index contributed by atoms with van der Waals surface area (Å²) in [6.45, 7) is 4.62. The quantitative estimate of drug-likeness (QED) is 0.386. The lowest BCUT2D eigenvalue weighted by Crippen LogP contribution is -2.24. The maximum absolute atomic E-state index is 10.8. The van der Waals surface area contributed by atoms with Crippen LogP contribution in [0.2, 0.25) is 0 Å². The minimum Gasteiger partial charge on any atom is -0.463 e. The van der Waals surface area contributed by atoms with Crippen molar-refractivity contribution in [1.82, 2.24) is 5.32 Å². The molecular formula is C10H15NO2. The molecule has 0 aliphatic heterocycles. The molecule has 0 bridgehead atoms. The summed E-state index contributed by atoms with van der Waals surface area (Å²) in [6, 6.07) is 0.0202. The molecule has 0 spiro atoms. The van der Waals surface area contributed by atoms with Gasteiger partial charge in [-0.05, 0) is 13.8 Å². The molecule has 1 atom stereocenters. The van der Waals surface area contributed by atoms with Crippen LogP contribution in [0.25, 0.3) is 0 Å². The number of carbonyl (C=O) groups is 1. The molecule has 0 aromatic carbocycles. The molecule has 0 heterocycles. The summed E-state index contributed by atoms with van der Waals surface area (Å²) in [4.78, 5) is 10.8. The predicted molar refractivity (Wildman–Crippen MR) is 52.1 cm³/mol. The van der Waals surface area contributed by atoms with Gasteiger partial charge in [-0.1, -0.05) is 12.0 Å². The summed E-state index contributed by atoms with van der Waals surface area (Å²) < 4.78 is 4.68. The predicted octanol–water partition coefficient (Wildman–Crippen LogP) is 0.717. The molecule has 72 valence electrons. The highest BCUT2D eigenvalue weighted by Gasteiger charge is 1.93. The smallest absolute Gasteiger partial charge is 0.330 e. The highest BCUT2D eigenvalue weighted by atomic mass is 16.5. The maximum atomic E-state index is 10.8. The fraction of sp³-hybridized carbons (Fsp3) is 0.500. The Morgan fingerprint density at radius 2 is 2.46 bits per heavy atom. The third kappa shape index (κ3) is 7.10. The molecule has 0 aromatic heterocycles. The second-order valence-corrected chi connectivity index (χ2v) is 2.45. The largest absolute Gasteiger partial charge is 0.463 e. The number of ether oxygens (including phenoxy) is 1. The van der Waals surface area contributed by atoms with Crippen molar-refractivity contribution in [1.29, 1.82) is 0 Å². The van der Waals surface area contributed by atoms with Gasteiger partial charge in [-0.25, -0.2) is 4.79 Å². The second kappa shape index (κ2) is 7.38. The molecule has 0 aromatic rings.